The van der Waals surface area contributed by atoms with Crippen LogP contribution in [0.1, 0.15) is 27.6 Å². The summed E-state index contributed by atoms with van der Waals surface area (Å²) in [6.45, 7) is 1.11. The highest BCUT2D eigenvalue weighted by atomic mass is 16.4. The molecule has 3 N–H and O–H groups in total. The number of carboxylic acids is 1. The highest BCUT2D eigenvalue weighted by Crippen LogP contribution is 2.28. The van der Waals surface area contributed by atoms with Crippen molar-refractivity contribution in [2.45, 2.75) is 6.92 Å². The molecule has 1 aromatic carbocycles. The molecule has 1 heterocycles. The fourth-order valence-electron chi connectivity index (χ4n) is 1.81. The van der Waals surface area contributed by atoms with Gasteiger partial charge in [0.15, 0.2) is 0 Å². The molecule has 1 aromatic rings. The van der Waals surface area contributed by atoms with Crippen molar-refractivity contribution in [1.82, 2.24) is 4.90 Å². The number of benzene rings is 1. The van der Waals surface area contributed by atoms with Crippen LogP contribution in [0.25, 0.3) is 0 Å². The van der Waals surface area contributed by atoms with Gasteiger partial charge in [-0.2, -0.15) is 0 Å². The number of hydrogen-bond acceptors (Lipinski definition) is 5. The van der Waals surface area contributed by atoms with Gasteiger partial charge in [0.05, 0.1) is 11.1 Å². The fourth-order valence-corrected chi connectivity index (χ4v) is 1.81. The van der Waals surface area contributed by atoms with E-state index in [9.17, 15) is 19.2 Å². The Morgan fingerprint density at radius 3 is 2.42 bits per heavy atom. The molecule has 0 spiro atoms. The van der Waals surface area contributed by atoms with Crippen molar-refractivity contribution < 1.29 is 24.3 Å². The number of nitrogens with zero attached hydrogens (tertiary/aromatic N) is 1. The Labute approximate surface area is 107 Å². The molecule has 0 radical (unpaired) electrons. The molecular weight excluding hydrogens is 252 g/mol. The number of carbonyl (C=O) groups is 4. The van der Waals surface area contributed by atoms with E-state index >= 15 is 0 Å². The number of nitrogen functional groups attached to an aromatic ring is 1. The Kier molecular flexibility index (Phi) is 2.82. The lowest BCUT2D eigenvalue weighted by molar-refractivity contribution is -0.147. The largest absolute Gasteiger partial charge is 0.481 e. The van der Waals surface area contributed by atoms with Crippen molar-refractivity contribution in [3.63, 3.8) is 0 Å². The lowest BCUT2D eigenvalue weighted by Crippen LogP contribution is -2.41. The van der Waals surface area contributed by atoms with Crippen LogP contribution in [0.3, 0.4) is 0 Å². The normalized spacial score (nSPS) is 15.3. The molecule has 1 aliphatic rings. The third kappa shape index (κ3) is 1.75. The van der Waals surface area contributed by atoms with E-state index in [1.807, 2.05) is 0 Å². The average Bonchev–Trinajstić information content (AvgIpc) is 2.61. The highest BCUT2D eigenvalue weighted by molar-refractivity contribution is 6.31. The van der Waals surface area contributed by atoms with Crippen LogP contribution < -0.4 is 5.73 Å². The maximum Gasteiger partial charge on any atom is 0.315 e. The summed E-state index contributed by atoms with van der Waals surface area (Å²) < 4.78 is 0. The molecule has 0 aliphatic carbocycles. The summed E-state index contributed by atoms with van der Waals surface area (Å²) in [7, 11) is 0. The monoisotopic (exact) mass is 262 g/mol. The number of imide groups is 3. The van der Waals surface area contributed by atoms with Crippen molar-refractivity contribution >= 4 is 29.4 Å². The second-order valence-electron chi connectivity index (χ2n) is 4.11. The first kappa shape index (κ1) is 12.7. The molecule has 19 heavy (non-hydrogen) atoms. The van der Waals surface area contributed by atoms with Gasteiger partial charge in [-0.1, -0.05) is 6.07 Å². The molecule has 1 aliphatic heterocycles. The zero-order chi connectivity index (χ0) is 14.3. The van der Waals surface area contributed by atoms with Gasteiger partial charge in [-0.3, -0.25) is 19.2 Å². The Morgan fingerprint density at radius 1 is 1.26 bits per heavy atom. The predicted octanol–water partition coefficient (Wildman–Crippen LogP) is 0.112. The second-order valence-corrected chi connectivity index (χ2v) is 4.11. The Balaban J connectivity index is 2.46. The summed E-state index contributed by atoms with van der Waals surface area (Å²) in [5, 5.41) is 8.76. The zero-order valence-electron chi connectivity index (χ0n) is 9.91. The molecule has 0 bridgehead atoms. The lowest BCUT2D eigenvalue weighted by Gasteiger charge is -2.14. The maximum atomic E-state index is 12.0. The highest BCUT2D eigenvalue weighted by Gasteiger charge is 2.43. The molecule has 2 rings (SSSR count). The number of nitrogens with two attached hydrogens (primary N) is 1. The first-order valence-electron chi connectivity index (χ1n) is 5.40. The number of hydrogen-bond donors (Lipinski definition) is 2. The fraction of sp³-hybridized carbons (Fsp3) is 0.167. The number of anilines is 1. The van der Waals surface area contributed by atoms with Gasteiger partial charge >= 0.3 is 5.97 Å². The number of carbonyl (C=O) groups excluding carboxylic acids is 3. The van der Waals surface area contributed by atoms with E-state index in [0.29, 0.717) is 4.90 Å². The smallest absolute Gasteiger partial charge is 0.315 e. The van der Waals surface area contributed by atoms with Crippen LogP contribution in [0.2, 0.25) is 0 Å². The lowest BCUT2D eigenvalue weighted by atomic mass is 10.1. The molecule has 1 atom stereocenters. The minimum atomic E-state index is -1.48. The molecule has 0 fully saturated rings. The topological polar surface area (TPSA) is 118 Å². The molecule has 7 nitrogen and oxygen atoms in total. The summed E-state index contributed by atoms with van der Waals surface area (Å²) in [5.74, 6) is -5.68. The van der Waals surface area contributed by atoms with Crippen LogP contribution in [-0.2, 0) is 9.59 Å². The summed E-state index contributed by atoms with van der Waals surface area (Å²) in [6, 6.07) is 4.28. The van der Waals surface area contributed by atoms with Crippen LogP contribution in [0.15, 0.2) is 18.2 Å². The van der Waals surface area contributed by atoms with Crippen molar-refractivity contribution in [2.75, 3.05) is 5.73 Å². The molecule has 1 unspecified atom stereocenters. The van der Waals surface area contributed by atoms with E-state index in [2.05, 4.69) is 0 Å². The molecule has 0 saturated heterocycles. The first-order chi connectivity index (χ1) is 8.86. The minimum absolute atomic E-state index is 0.0101. The summed E-state index contributed by atoms with van der Waals surface area (Å²) in [4.78, 5) is 46.9. The van der Waals surface area contributed by atoms with Crippen molar-refractivity contribution in [3.8, 4) is 0 Å². The van der Waals surface area contributed by atoms with Gasteiger partial charge in [0.1, 0.15) is 5.92 Å². The Bertz CT molecular complexity index is 623. The number of carboxylic acid groups (broad SMARTS) is 1. The van der Waals surface area contributed by atoms with Gasteiger partial charge in [-0.25, -0.2) is 4.90 Å². The molecule has 0 saturated carbocycles. The maximum absolute atomic E-state index is 12.0. The third-order valence-electron chi connectivity index (χ3n) is 2.91. The number of aliphatic carboxylic acids is 1. The second kappa shape index (κ2) is 4.20. The molecule has 0 aromatic heterocycles. The van der Waals surface area contributed by atoms with Crippen molar-refractivity contribution in [3.05, 3.63) is 29.3 Å². The number of rotatable bonds is 2. The van der Waals surface area contributed by atoms with Gasteiger partial charge < -0.3 is 10.8 Å². The number of fused-ring (bicyclic) bond motifs is 1. The predicted molar refractivity (Wildman–Crippen MR) is 63.2 cm³/mol. The molecule has 7 heteroatoms. The zero-order valence-corrected chi connectivity index (χ0v) is 9.91. The van der Waals surface area contributed by atoms with E-state index in [1.54, 1.807) is 0 Å². The van der Waals surface area contributed by atoms with Crippen LogP contribution in [0, 0.1) is 5.92 Å². The summed E-state index contributed by atoms with van der Waals surface area (Å²) >= 11 is 0. The number of amides is 3. The van der Waals surface area contributed by atoms with Gasteiger partial charge in [0.25, 0.3) is 17.7 Å². The van der Waals surface area contributed by atoms with Crippen molar-refractivity contribution in [1.29, 1.82) is 0 Å². The van der Waals surface area contributed by atoms with Gasteiger partial charge in [-0.05, 0) is 19.1 Å². The first-order valence-corrected chi connectivity index (χ1v) is 5.40. The van der Waals surface area contributed by atoms with E-state index in [-0.39, 0.29) is 16.8 Å². The van der Waals surface area contributed by atoms with Crippen molar-refractivity contribution in [2.24, 2.45) is 5.92 Å². The third-order valence-corrected chi connectivity index (χ3v) is 2.91. The van der Waals surface area contributed by atoms with E-state index < -0.39 is 29.6 Å². The summed E-state index contributed by atoms with van der Waals surface area (Å²) in [5.41, 5.74) is 5.63. The summed E-state index contributed by atoms with van der Waals surface area (Å²) in [6.07, 6.45) is 0. The van der Waals surface area contributed by atoms with Crippen LogP contribution >= 0.6 is 0 Å². The standard InChI is InChI=1S/C12H10N2O5/c1-5(12(18)19)9(15)14-10(16)6-3-2-4-7(13)8(6)11(14)17/h2-5H,13H2,1H3,(H,18,19). The molecule has 98 valence electrons. The van der Waals surface area contributed by atoms with Crippen LogP contribution in [0.5, 0.6) is 0 Å². The van der Waals surface area contributed by atoms with E-state index in [1.165, 1.54) is 18.2 Å². The Hall–Kier alpha value is -2.70. The van der Waals surface area contributed by atoms with Gasteiger partial charge in [-0.15, -0.1) is 0 Å². The van der Waals surface area contributed by atoms with Gasteiger partial charge in [0.2, 0.25) is 0 Å². The quantitative estimate of drug-likeness (QED) is 0.443. The minimum Gasteiger partial charge on any atom is -0.481 e. The van der Waals surface area contributed by atoms with E-state index in [0.717, 1.165) is 6.92 Å². The van der Waals surface area contributed by atoms with E-state index in [4.69, 9.17) is 10.8 Å². The van der Waals surface area contributed by atoms with Crippen LogP contribution in [-0.4, -0.2) is 33.7 Å². The van der Waals surface area contributed by atoms with Crippen LogP contribution in [0.4, 0.5) is 5.69 Å². The SMILES string of the molecule is CC(C(=O)O)C(=O)N1C(=O)c2cccc(N)c2C1=O. The van der Waals surface area contributed by atoms with Gasteiger partial charge in [0, 0.05) is 5.69 Å². The Morgan fingerprint density at radius 2 is 1.89 bits per heavy atom. The molecule has 3 amide bonds. The molecular formula is C12H10N2O5. The average molecular weight is 262 g/mol.